The van der Waals surface area contributed by atoms with Crippen LogP contribution in [0.15, 0.2) is 6.07 Å². The SMILES string of the molecule is Nc1nc(I)cc(I)c1C(F)F. The molecule has 0 saturated heterocycles. The molecule has 1 heterocycles. The molecule has 0 aliphatic rings. The molecule has 0 fully saturated rings. The minimum Gasteiger partial charge on any atom is -0.383 e. The van der Waals surface area contributed by atoms with Crippen molar-refractivity contribution in [2.75, 3.05) is 5.73 Å². The summed E-state index contributed by atoms with van der Waals surface area (Å²) in [5.41, 5.74) is 5.15. The van der Waals surface area contributed by atoms with E-state index < -0.39 is 6.43 Å². The van der Waals surface area contributed by atoms with Crippen molar-refractivity contribution in [1.82, 2.24) is 4.98 Å². The van der Waals surface area contributed by atoms with Gasteiger partial charge in [-0.2, -0.15) is 0 Å². The largest absolute Gasteiger partial charge is 0.383 e. The second kappa shape index (κ2) is 3.99. The maximum Gasteiger partial charge on any atom is 0.268 e. The van der Waals surface area contributed by atoms with E-state index in [0.29, 0.717) is 7.27 Å². The van der Waals surface area contributed by atoms with Gasteiger partial charge < -0.3 is 5.73 Å². The van der Waals surface area contributed by atoms with Gasteiger partial charge in [0.25, 0.3) is 6.43 Å². The lowest BCUT2D eigenvalue weighted by molar-refractivity contribution is 0.151. The second-order valence-electron chi connectivity index (χ2n) is 2.03. The van der Waals surface area contributed by atoms with Gasteiger partial charge in [0.15, 0.2) is 0 Å². The molecule has 0 unspecified atom stereocenters. The van der Waals surface area contributed by atoms with Crippen LogP contribution in [-0.2, 0) is 0 Å². The number of anilines is 1. The van der Waals surface area contributed by atoms with E-state index in [1.54, 1.807) is 6.07 Å². The highest BCUT2D eigenvalue weighted by Gasteiger charge is 2.16. The zero-order valence-electron chi connectivity index (χ0n) is 5.69. The first-order valence-corrected chi connectivity index (χ1v) is 5.07. The molecule has 0 bridgehead atoms. The molecule has 2 N–H and O–H groups in total. The van der Waals surface area contributed by atoms with Crippen molar-refractivity contribution in [3.63, 3.8) is 0 Å². The molecule has 12 heavy (non-hydrogen) atoms. The van der Waals surface area contributed by atoms with Crippen LogP contribution >= 0.6 is 45.2 Å². The molecule has 2 nitrogen and oxygen atoms in total. The van der Waals surface area contributed by atoms with E-state index in [1.165, 1.54) is 0 Å². The average Bonchev–Trinajstić information content (AvgIpc) is 1.82. The third-order valence-electron chi connectivity index (χ3n) is 1.22. The van der Waals surface area contributed by atoms with Crippen molar-refractivity contribution in [3.8, 4) is 0 Å². The first kappa shape index (κ1) is 10.4. The van der Waals surface area contributed by atoms with E-state index >= 15 is 0 Å². The Kier molecular flexibility index (Phi) is 3.44. The quantitative estimate of drug-likeness (QED) is 0.586. The number of hydrogen-bond acceptors (Lipinski definition) is 2. The molecule has 6 heteroatoms. The highest BCUT2D eigenvalue weighted by Crippen LogP contribution is 2.29. The molecule has 1 aromatic heterocycles. The van der Waals surface area contributed by atoms with Gasteiger partial charge in [-0.3, -0.25) is 0 Å². The van der Waals surface area contributed by atoms with Crippen LogP contribution in [0.25, 0.3) is 0 Å². The highest BCUT2D eigenvalue weighted by atomic mass is 127. The number of aromatic nitrogens is 1. The van der Waals surface area contributed by atoms with Crippen molar-refractivity contribution in [3.05, 3.63) is 18.9 Å². The Hall–Kier alpha value is 0.270. The van der Waals surface area contributed by atoms with Gasteiger partial charge >= 0.3 is 0 Å². The van der Waals surface area contributed by atoms with Crippen molar-refractivity contribution in [2.45, 2.75) is 6.43 Å². The third-order valence-corrected chi connectivity index (χ3v) is 2.67. The predicted octanol–water partition coefficient (Wildman–Crippen LogP) is 2.81. The fourth-order valence-corrected chi connectivity index (χ4v) is 2.70. The fraction of sp³-hybridized carbons (Fsp3) is 0.167. The van der Waals surface area contributed by atoms with E-state index in [1.807, 2.05) is 45.2 Å². The van der Waals surface area contributed by atoms with Gasteiger partial charge in [-0.15, -0.1) is 0 Å². The zero-order valence-corrected chi connectivity index (χ0v) is 10.0. The van der Waals surface area contributed by atoms with Gasteiger partial charge in [0.1, 0.15) is 9.52 Å². The lowest BCUT2D eigenvalue weighted by Gasteiger charge is -2.06. The van der Waals surface area contributed by atoms with Gasteiger partial charge in [0, 0.05) is 3.57 Å². The second-order valence-corrected chi connectivity index (χ2v) is 4.29. The smallest absolute Gasteiger partial charge is 0.268 e. The minimum absolute atomic E-state index is 0.0821. The predicted molar refractivity (Wildman–Crippen MR) is 59.0 cm³/mol. The highest BCUT2D eigenvalue weighted by molar-refractivity contribution is 14.1. The minimum atomic E-state index is -2.55. The van der Waals surface area contributed by atoms with E-state index in [2.05, 4.69) is 4.98 Å². The summed E-state index contributed by atoms with van der Waals surface area (Å²) < 4.78 is 25.7. The summed E-state index contributed by atoms with van der Waals surface area (Å²) in [5.74, 6) is -0.0821. The molecule has 0 saturated carbocycles. The van der Waals surface area contributed by atoms with Crippen molar-refractivity contribution in [2.24, 2.45) is 0 Å². The van der Waals surface area contributed by atoms with Gasteiger partial charge in [-0.1, -0.05) is 0 Å². The molecule has 0 spiro atoms. The van der Waals surface area contributed by atoms with Crippen LogP contribution in [-0.4, -0.2) is 4.98 Å². The van der Waals surface area contributed by atoms with Gasteiger partial charge in [0.05, 0.1) is 5.56 Å². The number of halogens is 4. The topological polar surface area (TPSA) is 38.9 Å². The Balaban J connectivity index is 3.28. The molecule has 66 valence electrons. The maximum atomic E-state index is 12.3. The average molecular weight is 396 g/mol. The maximum absolute atomic E-state index is 12.3. The van der Waals surface area contributed by atoms with E-state index in [4.69, 9.17) is 5.73 Å². The zero-order chi connectivity index (χ0) is 9.30. The van der Waals surface area contributed by atoms with Crippen LogP contribution in [0.1, 0.15) is 12.0 Å². The first-order valence-electron chi connectivity index (χ1n) is 2.92. The molecule has 0 aromatic carbocycles. The molecule has 0 atom stereocenters. The lowest BCUT2D eigenvalue weighted by Crippen LogP contribution is -2.02. The number of pyridine rings is 1. The summed E-state index contributed by atoms with van der Waals surface area (Å²) in [6.45, 7) is 0. The molecular formula is C6H4F2I2N2. The number of nitrogen functional groups attached to an aromatic ring is 1. The van der Waals surface area contributed by atoms with Crippen molar-refractivity contribution < 1.29 is 8.78 Å². The number of nitrogens with two attached hydrogens (primary N) is 1. The Morgan fingerprint density at radius 2 is 2.00 bits per heavy atom. The van der Waals surface area contributed by atoms with Crippen LogP contribution in [0.5, 0.6) is 0 Å². The summed E-state index contributed by atoms with van der Waals surface area (Å²) in [6.07, 6.45) is -2.55. The molecule has 1 rings (SSSR count). The van der Waals surface area contributed by atoms with Gasteiger partial charge in [-0.05, 0) is 51.2 Å². The van der Waals surface area contributed by atoms with Crippen LogP contribution in [0, 0.1) is 7.27 Å². The Morgan fingerprint density at radius 1 is 1.42 bits per heavy atom. The van der Waals surface area contributed by atoms with Crippen LogP contribution < -0.4 is 5.73 Å². The molecular weight excluding hydrogens is 392 g/mol. The van der Waals surface area contributed by atoms with Crippen LogP contribution in [0.2, 0.25) is 0 Å². The van der Waals surface area contributed by atoms with Gasteiger partial charge in [-0.25, -0.2) is 13.8 Å². The number of alkyl halides is 2. The molecule has 0 aliphatic heterocycles. The summed E-state index contributed by atoms with van der Waals surface area (Å²) in [7, 11) is 0. The summed E-state index contributed by atoms with van der Waals surface area (Å²) >= 11 is 3.75. The molecule has 0 aliphatic carbocycles. The standard InChI is InChI=1S/C6H4F2I2N2/c7-5(8)4-2(9)1-3(10)12-6(4)11/h1,5H,(H2,11,12). The van der Waals surface area contributed by atoms with E-state index in [9.17, 15) is 8.78 Å². The first-order chi connectivity index (χ1) is 5.52. The third kappa shape index (κ3) is 2.15. The Morgan fingerprint density at radius 3 is 2.42 bits per heavy atom. The summed E-state index contributed by atoms with van der Waals surface area (Å²) in [4.78, 5) is 3.74. The molecule has 0 amide bonds. The number of hydrogen-bond donors (Lipinski definition) is 1. The summed E-state index contributed by atoms with van der Waals surface area (Å²) in [5, 5.41) is 0. The van der Waals surface area contributed by atoms with E-state index in [0.717, 1.165) is 0 Å². The van der Waals surface area contributed by atoms with Crippen molar-refractivity contribution >= 4 is 51.0 Å². The Labute approximate surface area is 95.2 Å². The fourth-order valence-electron chi connectivity index (χ4n) is 0.728. The van der Waals surface area contributed by atoms with Crippen LogP contribution in [0.3, 0.4) is 0 Å². The molecule has 1 aromatic rings. The monoisotopic (exact) mass is 396 g/mol. The normalized spacial score (nSPS) is 10.8. The van der Waals surface area contributed by atoms with Crippen molar-refractivity contribution in [1.29, 1.82) is 0 Å². The van der Waals surface area contributed by atoms with Gasteiger partial charge in [0.2, 0.25) is 0 Å². The van der Waals surface area contributed by atoms with E-state index in [-0.39, 0.29) is 11.4 Å². The van der Waals surface area contributed by atoms with Crippen LogP contribution in [0.4, 0.5) is 14.6 Å². The molecule has 0 radical (unpaired) electrons. The number of nitrogens with zero attached hydrogens (tertiary/aromatic N) is 1. The Bertz CT molecular complexity index is 281. The summed E-state index contributed by atoms with van der Waals surface area (Å²) in [6, 6.07) is 1.57. The lowest BCUT2D eigenvalue weighted by atomic mass is 10.3. The number of rotatable bonds is 1.